The van der Waals surface area contributed by atoms with Gasteiger partial charge in [-0.2, -0.15) is 0 Å². The first kappa shape index (κ1) is 21.7. The van der Waals surface area contributed by atoms with Gasteiger partial charge >= 0.3 is 0 Å². The Labute approximate surface area is 189 Å². The average molecular weight is 432 g/mol. The van der Waals surface area contributed by atoms with Crippen molar-refractivity contribution in [3.8, 4) is 5.75 Å². The molecule has 0 aromatic heterocycles. The van der Waals surface area contributed by atoms with E-state index in [4.69, 9.17) is 4.74 Å². The van der Waals surface area contributed by atoms with Crippen molar-refractivity contribution in [1.29, 1.82) is 0 Å². The average Bonchev–Trinajstić information content (AvgIpc) is 3.05. The van der Waals surface area contributed by atoms with E-state index in [1.807, 2.05) is 12.1 Å². The van der Waals surface area contributed by atoms with Crippen LogP contribution in [0.25, 0.3) is 5.57 Å². The molecule has 2 aliphatic heterocycles. The molecule has 6 nitrogen and oxygen atoms in total. The molecule has 0 aliphatic carbocycles. The standard InChI is InChI=1S/C26H29N3O3/c1-4-15-29-25(30)23(19-5-11-22(32-3)12-6-19)24(26(29)31)27-20-7-9-21(10-8-20)28-16-13-18(2)14-17-28/h4-12,18,27H,1,13-17H2,2-3H3. The summed E-state index contributed by atoms with van der Waals surface area (Å²) in [5.74, 6) is 0.780. The van der Waals surface area contributed by atoms with Gasteiger partial charge in [-0.3, -0.25) is 14.5 Å². The second kappa shape index (κ2) is 9.30. The maximum absolute atomic E-state index is 13.1. The highest BCUT2D eigenvalue weighted by Crippen LogP contribution is 2.32. The van der Waals surface area contributed by atoms with Crippen molar-refractivity contribution in [1.82, 2.24) is 4.90 Å². The normalized spacial score (nSPS) is 17.2. The van der Waals surface area contributed by atoms with Crippen LogP contribution < -0.4 is 15.0 Å². The third kappa shape index (κ3) is 4.26. The molecule has 2 heterocycles. The molecule has 2 aromatic carbocycles. The van der Waals surface area contributed by atoms with Crippen molar-refractivity contribution < 1.29 is 14.3 Å². The maximum Gasteiger partial charge on any atom is 0.278 e. The molecule has 4 rings (SSSR count). The van der Waals surface area contributed by atoms with Gasteiger partial charge in [0, 0.05) is 31.0 Å². The van der Waals surface area contributed by atoms with E-state index >= 15 is 0 Å². The van der Waals surface area contributed by atoms with Gasteiger partial charge in [0.1, 0.15) is 11.4 Å². The SMILES string of the molecule is C=CCN1C(=O)C(Nc2ccc(N3CCC(C)CC3)cc2)=C(c2ccc(OC)cc2)C1=O. The van der Waals surface area contributed by atoms with Gasteiger partial charge in [-0.1, -0.05) is 25.1 Å². The van der Waals surface area contributed by atoms with Crippen molar-refractivity contribution in [2.24, 2.45) is 5.92 Å². The van der Waals surface area contributed by atoms with Gasteiger partial charge in [0.2, 0.25) is 0 Å². The number of hydrogen-bond donors (Lipinski definition) is 1. The quantitative estimate of drug-likeness (QED) is 0.523. The number of carbonyl (C=O) groups excluding carboxylic acids is 2. The Balaban J connectivity index is 1.61. The summed E-state index contributed by atoms with van der Waals surface area (Å²) in [6.45, 7) is 8.26. The summed E-state index contributed by atoms with van der Waals surface area (Å²) in [5, 5.41) is 3.21. The second-order valence-corrected chi connectivity index (χ2v) is 8.33. The molecule has 0 radical (unpaired) electrons. The molecular formula is C26H29N3O3. The first-order chi connectivity index (χ1) is 15.5. The minimum absolute atomic E-state index is 0.162. The molecule has 2 aliphatic rings. The second-order valence-electron chi connectivity index (χ2n) is 8.33. The Morgan fingerprint density at radius 1 is 1.03 bits per heavy atom. The van der Waals surface area contributed by atoms with Crippen molar-refractivity contribution >= 4 is 28.8 Å². The zero-order valence-electron chi connectivity index (χ0n) is 18.6. The zero-order chi connectivity index (χ0) is 22.7. The number of imide groups is 1. The van der Waals surface area contributed by atoms with E-state index in [-0.39, 0.29) is 24.1 Å². The molecule has 0 bridgehead atoms. The van der Waals surface area contributed by atoms with E-state index in [2.05, 4.69) is 35.9 Å². The van der Waals surface area contributed by atoms with E-state index in [0.717, 1.165) is 24.7 Å². The lowest BCUT2D eigenvalue weighted by Gasteiger charge is -2.32. The maximum atomic E-state index is 13.1. The number of methoxy groups -OCH3 is 1. The van der Waals surface area contributed by atoms with Gasteiger partial charge in [0.25, 0.3) is 11.8 Å². The van der Waals surface area contributed by atoms with E-state index in [1.165, 1.54) is 23.4 Å². The van der Waals surface area contributed by atoms with Crippen LogP contribution in [0.5, 0.6) is 5.75 Å². The number of rotatable bonds is 7. The summed E-state index contributed by atoms with van der Waals surface area (Å²) in [6, 6.07) is 15.2. The van der Waals surface area contributed by atoms with E-state index in [9.17, 15) is 9.59 Å². The number of nitrogens with zero attached hydrogens (tertiary/aromatic N) is 2. The molecule has 1 fully saturated rings. The molecule has 2 aromatic rings. The smallest absolute Gasteiger partial charge is 0.278 e. The van der Waals surface area contributed by atoms with Crippen LogP contribution in [0.1, 0.15) is 25.3 Å². The topological polar surface area (TPSA) is 61.9 Å². The minimum Gasteiger partial charge on any atom is -0.497 e. The lowest BCUT2D eigenvalue weighted by atomic mass is 9.99. The number of carbonyl (C=O) groups is 2. The highest BCUT2D eigenvalue weighted by Gasteiger charge is 2.38. The number of hydrogen-bond acceptors (Lipinski definition) is 5. The van der Waals surface area contributed by atoms with Crippen LogP contribution in [-0.4, -0.2) is 43.5 Å². The summed E-state index contributed by atoms with van der Waals surface area (Å²) >= 11 is 0. The highest BCUT2D eigenvalue weighted by molar-refractivity contribution is 6.36. The van der Waals surface area contributed by atoms with Gasteiger partial charge in [-0.15, -0.1) is 6.58 Å². The van der Waals surface area contributed by atoms with Crippen molar-refractivity contribution in [3.63, 3.8) is 0 Å². The minimum atomic E-state index is -0.352. The van der Waals surface area contributed by atoms with Crippen molar-refractivity contribution in [2.45, 2.75) is 19.8 Å². The molecule has 32 heavy (non-hydrogen) atoms. The summed E-state index contributed by atoms with van der Waals surface area (Å²) < 4.78 is 5.22. The molecule has 6 heteroatoms. The number of ether oxygens (including phenoxy) is 1. The number of benzene rings is 2. The van der Waals surface area contributed by atoms with Crippen LogP contribution in [0.2, 0.25) is 0 Å². The number of amides is 2. The van der Waals surface area contributed by atoms with Crippen LogP contribution in [0.3, 0.4) is 0 Å². The lowest BCUT2D eigenvalue weighted by Crippen LogP contribution is -2.32. The Morgan fingerprint density at radius 2 is 1.69 bits per heavy atom. The fourth-order valence-electron chi connectivity index (χ4n) is 4.18. The predicted octanol–water partition coefficient (Wildman–Crippen LogP) is 4.31. The molecule has 1 N–H and O–H groups in total. The monoisotopic (exact) mass is 431 g/mol. The molecule has 166 valence electrons. The van der Waals surface area contributed by atoms with Crippen molar-refractivity contribution in [2.75, 3.05) is 37.0 Å². The largest absolute Gasteiger partial charge is 0.497 e. The fourth-order valence-corrected chi connectivity index (χ4v) is 4.18. The number of anilines is 2. The third-order valence-electron chi connectivity index (χ3n) is 6.14. The molecule has 0 atom stereocenters. The van der Waals surface area contributed by atoms with Gasteiger partial charge in [0.15, 0.2) is 0 Å². The highest BCUT2D eigenvalue weighted by atomic mass is 16.5. The van der Waals surface area contributed by atoms with Gasteiger partial charge in [-0.05, 0) is 60.7 Å². The van der Waals surface area contributed by atoms with Gasteiger partial charge in [-0.25, -0.2) is 0 Å². The van der Waals surface area contributed by atoms with Crippen molar-refractivity contribution in [3.05, 3.63) is 72.4 Å². The van der Waals surface area contributed by atoms with Crippen LogP contribution in [0.15, 0.2) is 66.9 Å². The molecular weight excluding hydrogens is 402 g/mol. The Kier molecular flexibility index (Phi) is 6.30. The zero-order valence-corrected chi connectivity index (χ0v) is 18.6. The molecule has 2 amide bonds. The number of piperidine rings is 1. The first-order valence-electron chi connectivity index (χ1n) is 11.0. The molecule has 0 spiro atoms. The van der Waals surface area contributed by atoms with Crippen LogP contribution in [-0.2, 0) is 9.59 Å². The molecule has 1 saturated heterocycles. The third-order valence-corrected chi connectivity index (χ3v) is 6.14. The van der Waals surface area contributed by atoms with Gasteiger partial charge < -0.3 is 15.0 Å². The molecule has 0 saturated carbocycles. The van der Waals surface area contributed by atoms with E-state index in [0.29, 0.717) is 16.9 Å². The summed E-state index contributed by atoms with van der Waals surface area (Å²) in [6.07, 6.45) is 3.96. The van der Waals surface area contributed by atoms with E-state index in [1.54, 1.807) is 37.5 Å². The van der Waals surface area contributed by atoms with Gasteiger partial charge in [0.05, 0.1) is 12.7 Å². The summed E-state index contributed by atoms with van der Waals surface area (Å²) in [7, 11) is 1.59. The Morgan fingerprint density at radius 3 is 2.28 bits per heavy atom. The molecule has 0 unspecified atom stereocenters. The Bertz CT molecular complexity index is 1030. The van der Waals surface area contributed by atoms with E-state index < -0.39 is 0 Å². The van der Waals surface area contributed by atoms with Crippen LogP contribution >= 0.6 is 0 Å². The predicted molar refractivity (Wildman–Crippen MR) is 128 cm³/mol. The Hall–Kier alpha value is -3.54. The fraction of sp³-hybridized carbons (Fsp3) is 0.308. The van der Waals surface area contributed by atoms with Crippen LogP contribution in [0.4, 0.5) is 11.4 Å². The number of nitrogens with one attached hydrogen (secondary N) is 1. The van der Waals surface area contributed by atoms with Crippen LogP contribution in [0, 0.1) is 5.92 Å². The summed E-state index contributed by atoms with van der Waals surface area (Å²) in [4.78, 5) is 29.7. The lowest BCUT2D eigenvalue weighted by molar-refractivity contribution is -0.136. The first-order valence-corrected chi connectivity index (χ1v) is 11.0. The summed E-state index contributed by atoms with van der Waals surface area (Å²) in [5.41, 5.74) is 3.24.